The van der Waals surface area contributed by atoms with Crippen LogP contribution in [0.3, 0.4) is 0 Å². The molecule has 5 nitrogen and oxygen atoms in total. The molecule has 0 fully saturated rings. The largest absolute Gasteiger partial charge is 0.309 e. The molecule has 0 bridgehead atoms. The van der Waals surface area contributed by atoms with E-state index < -0.39 is 10.8 Å². The van der Waals surface area contributed by atoms with Crippen molar-refractivity contribution in [3.8, 4) is 0 Å². The summed E-state index contributed by atoms with van der Waals surface area (Å²) in [6.07, 6.45) is 3.24. The maximum atomic E-state index is 11.0. The highest BCUT2D eigenvalue weighted by atomic mass is 32.2. The molecular formula is C8H16N4OS. The minimum atomic E-state index is -0.769. The molecular weight excluding hydrogens is 200 g/mol. The zero-order valence-electron chi connectivity index (χ0n) is 8.73. The predicted octanol–water partition coefficient (Wildman–Crippen LogP) is -0.328. The lowest BCUT2D eigenvalue weighted by atomic mass is 10.4. The molecule has 0 amide bonds. The lowest BCUT2D eigenvalue weighted by Crippen LogP contribution is -2.28. The molecule has 2 unspecified atom stereocenters. The van der Waals surface area contributed by atoms with Gasteiger partial charge in [0.05, 0.1) is 6.54 Å². The summed E-state index contributed by atoms with van der Waals surface area (Å²) >= 11 is 0. The molecule has 1 aromatic heterocycles. The maximum absolute atomic E-state index is 11.0. The van der Waals surface area contributed by atoms with E-state index in [9.17, 15) is 4.21 Å². The summed E-state index contributed by atoms with van der Waals surface area (Å²) in [5, 5.41) is 7.32. The SMILES string of the molecule is CC(CNCc1ncnn1C)S(C)=O. The Labute approximate surface area is 86.4 Å². The zero-order chi connectivity index (χ0) is 10.6. The van der Waals surface area contributed by atoms with Crippen molar-refractivity contribution in [2.24, 2.45) is 7.05 Å². The molecule has 1 aromatic rings. The Balaban J connectivity index is 2.29. The summed E-state index contributed by atoms with van der Waals surface area (Å²) in [7, 11) is 1.08. The number of rotatable bonds is 5. The number of aryl methyl sites for hydroxylation is 1. The van der Waals surface area contributed by atoms with Crippen LogP contribution in [0.4, 0.5) is 0 Å². The number of nitrogens with zero attached hydrogens (tertiary/aromatic N) is 3. The lowest BCUT2D eigenvalue weighted by molar-refractivity contribution is 0.604. The van der Waals surface area contributed by atoms with E-state index in [2.05, 4.69) is 15.4 Å². The van der Waals surface area contributed by atoms with Crippen LogP contribution in [0.1, 0.15) is 12.7 Å². The van der Waals surface area contributed by atoms with Gasteiger partial charge in [-0.05, 0) is 6.92 Å². The molecule has 0 aliphatic carbocycles. The van der Waals surface area contributed by atoms with Crippen molar-refractivity contribution in [2.45, 2.75) is 18.7 Å². The van der Waals surface area contributed by atoms with Gasteiger partial charge in [-0.15, -0.1) is 0 Å². The molecule has 0 saturated carbocycles. The molecule has 0 radical (unpaired) electrons. The van der Waals surface area contributed by atoms with E-state index in [1.165, 1.54) is 6.33 Å². The summed E-state index contributed by atoms with van der Waals surface area (Å²) in [6, 6.07) is 0. The van der Waals surface area contributed by atoms with Crippen LogP contribution in [-0.4, -0.2) is 37.0 Å². The molecule has 14 heavy (non-hydrogen) atoms. The Kier molecular flexibility index (Phi) is 4.21. The topological polar surface area (TPSA) is 59.8 Å². The van der Waals surface area contributed by atoms with E-state index in [4.69, 9.17) is 0 Å². The molecule has 0 aliphatic rings. The first-order valence-electron chi connectivity index (χ1n) is 4.47. The minimum Gasteiger partial charge on any atom is -0.309 e. The van der Waals surface area contributed by atoms with Gasteiger partial charge in [0.25, 0.3) is 0 Å². The highest BCUT2D eigenvalue weighted by Gasteiger charge is 2.06. The van der Waals surface area contributed by atoms with Gasteiger partial charge in [0.2, 0.25) is 0 Å². The van der Waals surface area contributed by atoms with Gasteiger partial charge in [-0.1, -0.05) is 0 Å². The number of aromatic nitrogens is 3. The van der Waals surface area contributed by atoms with Gasteiger partial charge < -0.3 is 5.32 Å². The Hall–Kier alpha value is -0.750. The smallest absolute Gasteiger partial charge is 0.140 e. The Bertz CT molecular complexity index is 312. The van der Waals surface area contributed by atoms with E-state index in [0.29, 0.717) is 6.54 Å². The summed E-state index contributed by atoms with van der Waals surface area (Å²) in [5.74, 6) is 0.888. The first-order chi connectivity index (χ1) is 6.61. The number of hydrogen-bond donors (Lipinski definition) is 1. The van der Waals surface area contributed by atoms with Gasteiger partial charge in [-0.3, -0.25) is 8.89 Å². The second-order valence-electron chi connectivity index (χ2n) is 3.24. The van der Waals surface area contributed by atoms with Crippen LogP contribution in [0.15, 0.2) is 6.33 Å². The van der Waals surface area contributed by atoms with E-state index in [1.54, 1.807) is 10.9 Å². The Morgan fingerprint density at radius 1 is 1.71 bits per heavy atom. The fourth-order valence-electron chi connectivity index (χ4n) is 0.985. The molecule has 0 aliphatic heterocycles. The van der Waals surface area contributed by atoms with Crippen molar-refractivity contribution in [3.63, 3.8) is 0 Å². The second kappa shape index (κ2) is 5.21. The zero-order valence-corrected chi connectivity index (χ0v) is 9.54. The second-order valence-corrected chi connectivity index (χ2v) is 5.04. The fraction of sp³-hybridized carbons (Fsp3) is 0.750. The molecule has 0 aromatic carbocycles. The summed E-state index contributed by atoms with van der Waals surface area (Å²) in [4.78, 5) is 4.07. The van der Waals surface area contributed by atoms with Crippen LogP contribution in [0.2, 0.25) is 0 Å². The third kappa shape index (κ3) is 3.19. The van der Waals surface area contributed by atoms with Crippen LogP contribution in [0, 0.1) is 0 Å². The van der Waals surface area contributed by atoms with Gasteiger partial charge in [-0.25, -0.2) is 4.98 Å². The Morgan fingerprint density at radius 2 is 2.43 bits per heavy atom. The fourth-order valence-corrected chi connectivity index (χ4v) is 1.34. The van der Waals surface area contributed by atoms with Crippen LogP contribution in [-0.2, 0) is 24.4 Å². The van der Waals surface area contributed by atoms with Gasteiger partial charge >= 0.3 is 0 Å². The lowest BCUT2D eigenvalue weighted by Gasteiger charge is -2.08. The average molecular weight is 216 g/mol. The van der Waals surface area contributed by atoms with E-state index in [1.807, 2.05) is 14.0 Å². The summed E-state index contributed by atoms with van der Waals surface area (Å²) in [5.41, 5.74) is 0. The summed E-state index contributed by atoms with van der Waals surface area (Å²) in [6.45, 7) is 3.35. The predicted molar refractivity (Wildman–Crippen MR) is 56.2 cm³/mol. The van der Waals surface area contributed by atoms with Crippen LogP contribution in [0.25, 0.3) is 0 Å². The number of nitrogens with one attached hydrogen (secondary N) is 1. The monoisotopic (exact) mass is 216 g/mol. The van der Waals surface area contributed by atoms with Gasteiger partial charge in [0, 0.05) is 35.9 Å². The third-order valence-corrected chi connectivity index (χ3v) is 3.39. The van der Waals surface area contributed by atoms with Crippen molar-refractivity contribution in [1.29, 1.82) is 0 Å². The molecule has 1 heterocycles. The highest BCUT2D eigenvalue weighted by Crippen LogP contribution is 1.92. The first-order valence-corrected chi connectivity index (χ1v) is 6.09. The van der Waals surface area contributed by atoms with E-state index in [0.717, 1.165) is 12.4 Å². The third-order valence-electron chi connectivity index (χ3n) is 2.09. The van der Waals surface area contributed by atoms with Crippen molar-refractivity contribution >= 4 is 10.8 Å². The molecule has 1 N–H and O–H groups in total. The minimum absolute atomic E-state index is 0.170. The maximum Gasteiger partial charge on any atom is 0.140 e. The van der Waals surface area contributed by atoms with Crippen molar-refractivity contribution in [3.05, 3.63) is 12.2 Å². The van der Waals surface area contributed by atoms with E-state index >= 15 is 0 Å². The quantitative estimate of drug-likeness (QED) is 0.732. The molecule has 0 spiro atoms. The van der Waals surface area contributed by atoms with Crippen molar-refractivity contribution in [1.82, 2.24) is 20.1 Å². The standard InChI is InChI=1S/C8H16N4OS/c1-7(14(3)13)4-9-5-8-10-6-11-12(8)2/h6-7,9H,4-5H2,1-3H3. The first kappa shape index (κ1) is 11.3. The normalized spacial score (nSPS) is 15.4. The van der Waals surface area contributed by atoms with Crippen molar-refractivity contribution in [2.75, 3.05) is 12.8 Å². The van der Waals surface area contributed by atoms with Gasteiger partial charge in [0.15, 0.2) is 0 Å². The van der Waals surface area contributed by atoms with Gasteiger partial charge in [0.1, 0.15) is 12.2 Å². The van der Waals surface area contributed by atoms with Crippen LogP contribution >= 0.6 is 0 Å². The molecule has 1 rings (SSSR count). The summed E-state index contributed by atoms with van der Waals surface area (Å²) < 4.78 is 12.8. The molecule has 0 saturated heterocycles. The van der Waals surface area contributed by atoms with Crippen molar-refractivity contribution < 1.29 is 4.21 Å². The molecule has 2 atom stereocenters. The van der Waals surface area contributed by atoms with E-state index in [-0.39, 0.29) is 5.25 Å². The average Bonchev–Trinajstić information content (AvgIpc) is 2.51. The highest BCUT2D eigenvalue weighted by molar-refractivity contribution is 7.84. The Morgan fingerprint density at radius 3 is 2.93 bits per heavy atom. The number of hydrogen-bond acceptors (Lipinski definition) is 4. The van der Waals surface area contributed by atoms with Crippen LogP contribution in [0.5, 0.6) is 0 Å². The molecule has 6 heteroatoms. The van der Waals surface area contributed by atoms with Crippen LogP contribution < -0.4 is 5.32 Å². The molecule has 80 valence electrons. The van der Waals surface area contributed by atoms with Gasteiger partial charge in [-0.2, -0.15) is 5.10 Å².